The highest BCUT2D eigenvalue weighted by atomic mass is 19.1. The Hall–Kier alpha value is -3.68. The Morgan fingerprint density at radius 2 is 2.12 bits per heavy atom. The van der Waals surface area contributed by atoms with Gasteiger partial charge in [0.05, 0.1) is 11.4 Å². The van der Waals surface area contributed by atoms with E-state index in [2.05, 4.69) is 10.3 Å². The van der Waals surface area contributed by atoms with Crippen LogP contribution in [0, 0.1) is 17.1 Å². The zero-order valence-electron chi connectivity index (χ0n) is 19.7. The minimum Gasteiger partial charge on any atom is -0.482 e. The number of rotatable bonds is 3. The molecule has 176 valence electrons. The van der Waals surface area contributed by atoms with E-state index < -0.39 is 6.10 Å². The van der Waals surface area contributed by atoms with Crippen LogP contribution in [0.25, 0.3) is 11.1 Å². The summed E-state index contributed by atoms with van der Waals surface area (Å²) in [7, 11) is 3.78. The monoisotopic (exact) mass is 460 g/mol. The van der Waals surface area contributed by atoms with Crippen molar-refractivity contribution < 1.29 is 9.13 Å². The number of aryl methyl sites for hydroxylation is 1. The molecule has 7 nitrogen and oxygen atoms in total. The van der Waals surface area contributed by atoms with Crippen molar-refractivity contribution in [1.82, 2.24) is 20.1 Å². The summed E-state index contributed by atoms with van der Waals surface area (Å²) in [6.07, 6.45) is 6.89. The first-order valence-corrected chi connectivity index (χ1v) is 11.6. The number of allylic oxidation sites excluding steroid dienone is 1. The highest BCUT2D eigenvalue weighted by Gasteiger charge is 2.29. The molecule has 2 aromatic heterocycles. The summed E-state index contributed by atoms with van der Waals surface area (Å²) < 4.78 is 22.4. The van der Waals surface area contributed by atoms with Crippen molar-refractivity contribution in [2.45, 2.75) is 38.7 Å². The van der Waals surface area contributed by atoms with Crippen molar-refractivity contribution >= 4 is 11.5 Å². The third kappa shape index (κ3) is 4.04. The number of anilines is 1. The molecule has 1 atom stereocenters. The van der Waals surface area contributed by atoms with Crippen LogP contribution in [0.15, 0.2) is 42.2 Å². The molecule has 2 aliphatic rings. The quantitative estimate of drug-likeness (QED) is 0.540. The molecule has 0 saturated heterocycles. The number of hydrogen-bond acceptors (Lipinski definition) is 6. The second kappa shape index (κ2) is 8.59. The lowest BCUT2D eigenvalue weighted by Gasteiger charge is -2.22. The molecule has 8 heteroatoms. The molecule has 0 spiro atoms. The number of nitrogens with one attached hydrogen (secondary N) is 2. The zero-order chi connectivity index (χ0) is 24.0. The van der Waals surface area contributed by atoms with E-state index in [0.717, 1.165) is 34.5 Å². The van der Waals surface area contributed by atoms with Crippen molar-refractivity contribution in [2.24, 2.45) is 13.0 Å². The summed E-state index contributed by atoms with van der Waals surface area (Å²) in [5.74, 6) is 0.992. The average molecular weight is 461 g/mol. The number of halogens is 1. The SMILES string of the molecule is CN/C=C1/Cc2nn(C)c(CC3CC3)c2-c2cnc(N)c(c2)O[C@H](C)c2cc(F)ccc2C1=N. The minimum atomic E-state index is -0.542. The molecule has 3 aromatic rings. The van der Waals surface area contributed by atoms with E-state index in [9.17, 15) is 4.39 Å². The maximum atomic E-state index is 14.2. The summed E-state index contributed by atoms with van der Waals surface area (Å²) in [6.45, 7) is 1.83. The second-order valence-electron chi connectivity index (χ2n) is 9.15. The molecule has 5 rings (SSSR count). The number of hydrogen-bond donors (Lipinski definition) is 3. The Morgan fingerprint density at radius 1 is 1.32 bits per heavy atom. The Kier molecular flexibility index (Phi) is 5.59. The first kappa shape index (κ1) is 22.1. The zero-order valence-corrected chi connectivity index (χ0v) is 19.7. The first-order valence-electron chi connectivity index (χ1n) is 11.6. The van der Waals surface area contributed by atoms with Crippen LogP contribution < -0.4 is 15.8 Å². The third-order valence-electron chi connectivity index (χ3n) is 6.61. The molecule has 0 amide bonds. The summed E-state index contributed by atoms with van der Waals surface area (Å²) in [6, 6.07) is 6.34. The van der Waals surface area contributed by atoms with Gasteiger partial charge < -0.3 is 15.8 Å². The molecule has 1 saturated carbocycles. The predicted octanol–water partition coefficient (Wildman–Crippen LogP) is 4.32. The van der Waals surface area contributed by atoms with Gasteiger partial charge in [0.25, 0.3) is 0 Å². The predicted molar refractivity (Wildman–Crippen MR) is 130 cm³/mol. The summed E-state index contributed by atoms with van der Waals surface area (Å²) >= 11 is 0. The maximum Gasteiger partial charge on any atom is 0.166 e. The third-order valence-corrected chi connectivity index (χ3v) is 6.61. The molecule has 0 radical (unpaired) electrons. The van der Waals surface area contributed by atoms with Crippen LogP contribution >= 0.6 is 0 Å². The highest BCUT2D eigenvalue weighted by molar-refractivity contribution is 6.11. The largest absolute Gasteiger partial charge is 0.482 e. The summed E-state index contributed by atoms with van der Waals surface area (Å²) in [4.78, 5) is 4.42. The van der Waals surface area contributed by atoms with Crippen LogP contribution in [0.3, 0.4) is 0 Å². The molecular weight excluding hydrogens is 431 g/mol. The number of nitrogen functional groups attached to an aromatic ring is 1. The van der Waals surface area contributed by atoms with Gasteiger partial charge in [-0.25, -0.2) is 9.37 Å². The van der Waals surface area contributed by atoms with E-state index >= 15 is 0 Å². The Balaban J connectivity index is 1.74. The van der Waals surface area contributed by atoms with Gasteiger partial charge in [-0.3, -0.25) is 10.1 Å². The van der Waals surface area contributed by atoms with Gasteiger partial charge >= 0.3 is 0 Å². The van der Waals surface area contributed by atoms with Gasteiger partial charge in [0.2, 0.25) is 0 Å². The van der Waals surface area contributed by atoms with Crippen LogP contribution in [-0.2, 0) is 19.9 Å². The normalized spacial score (nSPS) is 19.0. The van der Waals surface area contributed by atoms with Gasteiger partial charge in [0.1, 0.15) is 11.9 Å². The number of pyridine rings is 1. The fourth-order valence-electron chi connectivity index (χ4n) is 4.68. The van der Waals surface area contributed by atoms with E-state index in [1.54, 1.807) is 12.3 Å². The highest BCUT2D eigenvalue weighted by Crippen LogP contribution is 2.40. The number of aromatic nitrogens is 3. The van der Waals surface area contributed by atoms with Gasteiger partial charge in [0.15, 0.2) is 11.6 Å². The Morgan fingerprint density at radius 3 is 2.85 bits per heavy atom. The molecule has 4 N–H and O–H groups in total. The molecular formula is C26H29FN6O. The molecule has 0 unspecified atom stereocenters. The van der Waals surface area contributed by atoms with Gasteiger partial charge in [0, 0.05) is 60.9 Å². The average Bonchev–Trinajstić information content (AvgIpc) is 3.57. The number of fused-ring (bicyclic) bond motifs is 5. The Labute approximate surface area is 198 Å². The number of ether oxygens (including phenoxy) is 1. The number of nitrogens with zero attached hydrogens (tertiary/aromatic N) is 3. The van der Waals surface area contributed by atoms with Crippen molar-refractivity contribution in [3.63, 3.8) is 0 Å². The molecule has 3 heterocycles. The summed E-state index contributed by atoms with van der Waals surface area (Å²) in [5, 5.41) is 17.0. The van der Waals surface area contributed by atoms with Crippen molar-refractivity contribution in [1.29, 1.82) is 5.41 Å². The van der Waals surface area contributed by atoms with Crippen molar-refractivity contribution in [3.8, 4) is 16.9 Å². The lowest BCUT2D eigenvalue weighted by Crippen LogP contribution is -2.17. The Bertz CT molecular complexity index is 1310. The second-order valence-corrected chi connectivity index (χ2v) is 9.15. The van der Waals surface area contributed by atoms with Crippen LogP contribution in [0.2, 0.25) is 0 Å². The van der Waals surface area contributed by atoms with E-state index in [1.807, 2.05) is 38.0 Å². The van der Waals surface area contributed by atoms with Crippen molar-refractivity contribution in [3.05, 3.63) is 70.6 Å². The van der Waals surface area contributed by atoms with Crippen LogP contribution in [0.4, 0.5) is 10.2 Å². The lowest BCUT2D eigenvalue weighted by molar-refractivity contribution is 0.227. The topological polar surface area (TPSA) is 102 Å². The van der Waals surface area contributed by atoms with E-state index in [-0.39, 0.29) is 11.6 Å². The number of nitrogens with two attached hydrogens (primary N) is 1. The first-order chi connectivity index (χ1) is 16.4. The molecule has 2 bridgehead atoms. The molecule has 1 aliphatic heterocycles. The van der Waals surface area contributed by atoms with Gasteiger partial charge in [-0.1, -0.05) is 0 Å². The maximum absolute atomic E-state index is 14.2. The summed E-state index contributed by atoms with van der Waals surface area (Å²) in [5.41, 5.74) is 12.3. The fraction of sp³-hybridized carbons (Fsp3) is 0.346. The van der Waals surface area contributed by atoms with Gasteiger partial charge in [-0.2, -0.15) is 5.10 Å². The van der Waals surface area contributed by atoms with Gasteiger partial charge in [-0.05, 0) is 61.9 Å². The van der Waals surface area contributed by atoms with Crippen LogP contribution in [0.1, 0.15) is 48.4 Å². The minimum absolute atomic E-state index is 0.269. The van der Waals surface area contributed by atoms with Crippen LogP contribution in [0.5, 0.6) is 5.75 Å². The van der Waals surface area contributed by atoms with Gasteiger partial charge in [-0.15, -0.1) is 0 Å². The van der Waals surface area contributed by atoms with Crippen molar-refractivity contribution in [2.75, 3.05) is 12.8 Å². The molecule has 1 aliphatic carbocycles. The lowest BCUT2D eigenvalue weighted by atomic mass is 9.91. The van der Waals surface area contributed by atoms with E-state index in [0.29, 0.717) is 34.9 Å². The fourth-order valence-corrected chi connectivity index (χ4v) is 4.68. The number of benzene rings is 1. The van der Waals surface area contributed by atoms with E-state index in [1.165, 1.54) is 25.0 Å². The van der Waals surface area contributed by atoms with Crippen LogP contribution in [-0.4, -0.2) is 27.5 Å². The molecule has 1 fully saturated rings. The van der Waals surface area contributed by atoms with E-state index in [4.69, 9.17) is 21.0 Å². The molecule has 34 heavy (non-hydrogen) atoms. The smallest absolute Gasteiger partial charge is 0.166 e. The standard InChI is InChI=1S/C26H29FN6O/c1-14-20-11-18(27)6-7-19(20)25(28)17(12-30-2)9-21-24(16-10-23(34-14)26(29)31-13-16)22(33(3)32-21)8-15-4-5-15/h6-7,10-15,28,30H,4-5,8-9H2,1-3H3,(H2,29,31)/b17-12-,28-25?/t14-/m1/s1. The molecule has 1 aromatic carbocycles.